The highest BCUT2D eigenvalue weighted by atomic mass is 16.5. The van der Waals surface area contributed by atoms with E-state index in [0.717, 1.165) is 30.8 Å². The zero-order valence-corrected chi connectivity index (χ0v) is 13.0. The molecule has 0 radical (unpaired) electrons. The third kappa shape index (κ3) is 5.05. The molecule has 1 aromatic carbocycles. The lowest BCUT2D eigenvalue weighted by molar-refractivity contribution is -0.122. The summed E-state index contributed by atoms with van der Waals surface area (Å²) in [5.41, 5.74) is 1.08. The van der Waals surface area contributed by atoms with Crippen molar-refractivity contribution >= 4 is 5.91 Å². The van der Waals surface area contributed by atoms with E-state index in [2.05, 4.69) is 10.6 Å². The molecule has 2 unspecified atom stereocenters. The fourth-order valence-electron chi connectivity index (χ4n) is 2.73. The van der Waals surface area contributed by atoms with Crippen molar-refractivity contribution in [1.29, 1.82) is 0 Å². The van der Waals surface area contributed by atoms with Gasteiger partial charge in [-0.05, 0) is 63.4 Å². The monoisotopic (exact) mass is 290 g/mol. The van der Waals surface area contributed by atoms with Crippen molar-refractivity contribution in [3.63, 3.8) is 0 Å². The highest BCUT2D eigenvalue weighted by Crippen LogP contribution is 2.20. The molecule has 1 heterocycles. The molecule has 4 heteroatoms. The molecule has 1 saturated heterocycles. The number of carbonyl (C=O) groups is 1. The van der Waals surface area contributed by atoms with Crippen molar-refractivity contribution in [2.45, 2.75) is 39.2 Å². The molecular weight excluding hydrogens is 264 g/mol. The third-order valence-corrected chi connectivity index (χ3v) is 3.99. The Hall–Kier alpha value is -1.55. The van der Waals surface area contributed by atoms with E-state index in [9.17, 15) is 4.79 Å². The first kappa shape index (κ1) is 15.8. The van der Waals surface area contributed by atoms with Gasteiger partial charge in [-0.15, -0.1) is 0 Å². The van der Waals surface area contributed by atoms with Crippen LogP contribution >= 0.6 is 0 Å². The fraction of sp³-hybridized carbons (Fsp3) is 0.588. The number of hydrogen-bond acceptors (Lipinski definition) is 3. The van der Waals surface area contributed by atoms with Gasteiger partial charge in [0.25, 0.3) is 0 Å². The Morgan fingerprint density at radius 2 is 2.38 bits per heavy atom. The number of carbonyl (C=O) groups excluding carboxylic acids is 1. The molecule has 1 fully saturated rings. The van der Waals surface area contributed by atoms with Gasteiger partial charge in [-0.25, -0.2) is 0 Å². The van der Waals surface area contributed by atoms with Gasteiger partial charge < -0.3 is 15.4 Å². The fourth-order valence-corrected chi connectivity index (χ4v) is 2.73. The summed E-state index contributed by atoms with van der Waals surface area (Å²) >= 11 is 0. The minimum absolute atomic E-state index is 0.0135. The molecule has 0 aromatic heterocycles. The van der Waals surface area contributed by atoms with Gasteiger partial charge in [-0.2, -0.15) is 0 Å². The van der Waals surface area contributed by atoms with Crippen LogP contribution in [0.25, 0.3) is 0 Å². The molecule has 0 aliphatic carbocycles. The standard InChI is InChI=1S/C17H26N2O2/c1-3-21-16-6-4-5-15(11-16)13(2)19-17(20)8-7-14-9-10-18-12-14/h4-6,11,13-14,18H,3,7-10,12H2,1-2H3,(H,19,20). The predicted molar refractivity (Wildman–Crippen MR) is 84.4 cm³/mol. The van der Waals surface area contributed by atoms with E-state index in [1.807, 2.05) is 38.1 Å². The minimum atomic E-state index is 0.0135. The number of nitrogens with one attached hydrogen (secondary N) is 2. The summed E-state index contributed by atoms with van der Waals surface area (Å²) in [5.74, 6) is 1.65. The average Bonchev–Trinajstić information content (AvgIpc) is 2.99. The zero-order valence-electron chi connectivity index (χ0n) is 13.0. The smallest absolute Gasteiger partial charge is 0.220 e. The normalized spacial score (nSPS) is 19.2. The first-order valence-corrected chi connectivity index (χ1v) is 7.92. The van der Waals surface area contributed by atoms with E-state index in [4.69, 9.17) is 4.74 Å². The Morgan fingerprint density at radius 3 is 3.10 bits per heavy atom. The number of amides is 1. The highest BCUT2D eigenvalue weighted by molar-refractivity contribution is 5.76. The number of ether oxygens (including phenoxy) is 1. The molecule has 0 bridgehead atoms. The van der Waals surface area contributed by atoms with Crippen LogP contribution in [0, 0.1) is 5.92 Å². The van der Waals surface area contributed by atoms with E-state index >= 15 is 0 Å². The predicted octanol–water partition coefficient (Wildman–Crippen LogP) is 2.65. The highest BCUT2D eigenvalue weighted by Gasteiger charge is 2.16. The average molecular weight is 290 g/mol. The molecule has 4 nitrogen and oxygen atoms in total. The summed E-state index contributed by atoms with van der Waals surface area (Å²) in [6.07, 6.45) is 2.78. The van der Waals surface area contributed by atoms with Crippen molar-refractivity contribution in [2.75, 3.05) is 19.7 Å². The molecule has 1 aliphatic rings. The van der Waals surface area contributed by atoms with Crippen molar-refractivity contribution in [3.8, 4) is 5.75 Å². The quantitative estimate of drug-likeness (QED) is 0.811. The van der Waals surface area contributed by atoms with Gasteiger partial charge in [0, 0.05) is 6.42 Å². The van der Waals surface area contributed by atoms with Crippen LogP contribution in [0.4, 0.5) is 0 Å². The number of rotatable bonds is 7. The molecule has 0 spiro atoms. The van der Waals surface area contributed by atoms with Crippen molar-refractivity contribution in [3.05, 3.63) is 29.8 Å². The molecule has 21 heavy (non-hydrogen) atoms. The molecular formula is C17H26N2O2. The first-order chi connectivity index (χ1) is 10.2. The Balaban J connectivity index is 1.80. The summed E-state index contributed by atoms with van der Waals surface area (Å²) in [6, 6.07) is 7.94. The summed E-state index contributed by atoms with van der Waals surface area (Å²) in [7, 11) is 0. The zero-order chi connectivity index (χ0) is 15.1. The summed E-state index contributed by atoms with van der Waals surface area (Å²) in [5, 5.41) is 6.41. The molecule has 1 amide bonds. The third-order valence-electron chi connectivity index (χ3n) is 3.99. The molecule has 2 rings (SSSR count). The van der Waals surface area contributed by atoms with Crippen LogP contribution in [0.2, 0.25) is 0 Å². The van der Waals surface area contributed by atoms with E-state index < -0.39 is 0 Å². The van der Waals surface area contributed by atoms with Gasteiger partial charge in [0.15, 0.2) is 0 Å². The maximum atomic E-state index is 12.0. The lowest BCUT2D eigenvalue weighted by Gasteiger charge is -2.16. The minimum Gasteiger partial charge on any atom is -0.494 e. The topological polar surface area (TPSA) is 50.4 Å². The van der Waals surface area contributed by atoms with Crippen LogP contribution in [0.3, 0.4) is 0 Å². The Labute approximate surface area is 127 Å². The van der Waals surface area contributed by atoms with Gasteiger partial charge in [-0.3, -0.25) is 4.79 Å². The Kier molecular flexibility index (Phi) is 6.05. The molecule has 1 aliphatic heterocycles. The molecule has 116 valence electrons. The lowest BCUT2D eigenvalue weighted by Crippen LogP contribution is -2.27. The lowest BCUT2D eigenvalue weighted by atomic mass is 10.0. The van der Waals surface area contributed by atoms with Gasteiger partial charge in [0.1, 0.15) is 5.75 Å². The largest absolute Gasteiger partial charge is 0.494 e. The number of benzene rings is 1. The van der Waals surface area contributed by atoms with E-state index in [-0.39, 0.29) is 11.9 Å². The number of hydrogen-bond donors (Lipinski definition) is 2. The SMILES string of the molecule is CCOc1cccc(C(C)NC(=O)CCC2CCNC2)c1. The Morgan fingerprint density at radius 1 is 1.52 bits per heavy atom. The second-order valence-corrected chi connectivity index (χ2v) is 5.69. The van der Waals surface area contributed by atoms with Gasteiger partial charge in [0.2, 0.25) is 5.91 Å². The van der Waals surface area contributed by atoms with Gasteiger partial charge in [0.05, 0.1) is 12.6 Å². The maximum Gasteiger partial charge on any atom is 0.220 e. The second kappa shape index (κ2) is 8.03. The maximum absolute atomic E-state index is 12.0. The van der Waals surface area contributed by atoms with Crippen molar-refractivity contribution in [2.24, 2.45) is 5.92 Å². The van der Waals surface area contributed by atoms with E-state index in [0.29, 0.717) is 18.9 Å². The van der Waals surface area contributed by atoms with Crippen LogP contribution in [-0.2, 0) is 4.79 Å². The summed E-state index contributed by atoms with van der Waals surface area (Å²) < 4.78 is 5.50. The van der Waals surface area contributed by atoms with E-state index in [1.54, 1.807) is 0 Å². The molecule has 2 N–H and O–H groups in total. The van der Waals surface area contributed by atoms with Crippen molar-refractivity contribution in [1.82, 2.24) is 10.6 Å². The van der Waals surface area contributed by atoms with Gasteiger partial charge in [-0.1, -0.05) is 12.1 Å². The van der Waals surface area contributed by atoms with Crippen molar-refractivity contribution < 1.29 is 9.53 Å². The summed E-state index contributed by atoms with van der Waals surface area (Å²) in [4.78, 5) is 12.0. The van der Waals surface area contributed by atoms with Crippen LogP contribution in [0.5, 0.6) is 5.75 Å². The van der Waals surface area contributed by atoms with Crippen LogP contribution in [0.15, 0.2) is 24.3 Å². The van der Waals surface area contributed by atoms with Gasteiger partial charge >= 0.3 is 0 Å². The molecule has 0 saturated carbocycles. The molecule has 1 aromatic rings. The first-order valence-electron chi connectivity index (χ1n) is 7.92. The van der Waals surface area contributed by atoms with Crippen LogP contribution < -0.4 is 15.4 Å². The van der Waals surface area contributed by atoms with Crippen LogP contribution in [0.1, 0.15) is 44.7 Å². The van der Waals surface area contributed by atoms with E-state index in [1.165, 1.54) is 6.42 Å². The Bertz CT molecular complexity index is 456. The van der Waals surface area contributed by atoms with Crippen LogP contribution in [-0.4, -0.2) is 25.6 Å². The molecule has 2 atom stereocenters. The second-order valence-electron chi connectivity index (χ2n) is 5.69. The summed E-state index contributed by atoms with van der Waals surface area (Å²) in [6.45, 7) is 6.78.